The van der Waals surface area contributed by atoms with E-state index in [1.54, 1.807) is 0 Å². The Morgan fingerprint density at radius 2 is 1.54 bits per heavy atom. The van der Waals surface area contributed by atoms with E-state index < -0.39 is 0 Å². The predicted molar refractivity (Wildman–Crippen MR) is 103 cm³/mol. The highest BCUT2D eigenvalue weighted by Gasteiger charge is 2.38. The lowest BCUT2D eigenvalue weighted by atomic mass is 9.82. The highest BCUT2D eigenvalue weighted by atomic mass is 32.2. The second kappa shape index (κ2) is 4.67. The molecule has 3 aromatic rings. The van der Waals surface area contributed by atoms with Crippen LogP contribution in [0.25, 0.3) is 11.1 Å². The van der Waals surface area contributed by atoms with Crippen LogP contribution in [-0.2, 0) is 5.41 Å². The molecule has 0 spiro atoms. The quantitative estimate of drug-likeness (QED) is 0.481. The number of para-hydroxylation sites is 1. The minimum absolute atomic E-state index is 0.0665. The molecule has 1 aliphatic carbocycles. The van der Waals surface area contributed by atoms with Gasteiger partial charge in [-0.15, -0.1) is 0 Å². The zero-order chi connectivity index (χ0) is 16.5. The molecule has 0 atom stereocenters. The zero-order valence-corrected chi connectivity index (χ0v) is 14.9. The monoisotopic (exact) mass is 329 g/mol. The molecule has 0 saturated heterocycles. The molecule has 0 bridgehead atoms. The highest BCUT2D eigenvalue weighted by Crippen LogP contribution is 2.58. The SMILES string of the molecule is CN1c2ccccc2Sc2c1ccc1c2-c2ccccc2C1(C)C. The maximum absolute atomic E-state index is 2.34. The summed E-state index contributed by atoms with van der Waals surface area (Å²) in [6, 6.07) is 22.2. The van der Waals surface area contributed by atoms with Gasteiger partial charge in [-0.05, 0) is 34.9 Å². The van der Waals surface area contributed by atoms with Crippen molar-refractivity contribution in [1.82, 2.24) is 0 Å². The van der Waals surface area contributed by atoms with Gasteiger partial charge in [0.25, 0.3) is 0 Å². The van der Waals surface area contributed by atoms with Crippen LogP contribution in [-0.4, -0.2) is 7.05 Å². The lowest BCUT2D eigenvalue weighted by Gasteiger charge is -2.31. The van der Waals surface area contributed by atoms with Crippen LogP contribution in [0.5, 0.6) is 0 Å². The molecular formula is C22H19NS. The first kappa shape index (κ1) is 14.2. The summed E-state index contributed by atoms with van der Waals surface area (Å²) in [5, 5.41) is 0. The van der Waals surface area contributed by atoms with E-state index in [1.807, 2.05) is 11.8 Å². The Labute approximate surface area is 147 Å². The molecule has 2 heteroatoms. The van der Waals surface area contributed by atoms with Crippen LogP contribution in [0.3, 0.4) is 0 Å². The highest BCUT2D eigenvalue weighted by molar-refractivity contribution is 8.00. The Morgan fingerprint density at radius 1 is 0.792 bits per heavy atom. The molecule has 5 rings (SSSR count). The first-order valence-electron chi connectivity index (χ1n) is 8.37. The second-order valence-electron chi connectivity index (χ2n) is 7.14. The van der Waals surface area contributed by atoms with E-state index >= 15 is 0 Å². The smallest absolute Gasteiger partial charge is 0.0556 e. The van der Waals surface area contributed by atoms with Crippen LogP contribution in [0.15, 0.2) is 70.5 Å². The molecule has 1 nitrogen and oxygen atoms in total. The van der Waals surface area contributed by atoms with Gasteiger partial charge in [0.1, 0.15) is 0 Å². The number of benzene rings is 3. The van der Waals surface area contributed by atoms with E-state index in [0.29, 0.717) is 0 Å². The van der Waals surface area contributed by atoms with Crippen LogP contribution < -0.4 is 4.90 Å². The minimum atomic E-state index is 0.0665. The van der Waals surface area contributed by atoms with Crippen molar-refractivity contribution in [3.63, 3.8) is 0 Å². The second-order valence-corrected chi connectivity index (χ2v) is 8.19. The number of anilines is 2. The van der Waals surface area contributed by atoms with Crippen LogP contribution in [0.2, 0.25) is 0 Å². The molecule has 3 aromatic carbocycles. The Bertz CT molecular complexity index is 987. The van der Waals surface area contributed by atoms with Crippen molar-refractivity contribution in [3.05, 3.63) is 71.8 Å². The number of nitrogens with zero attached hydrogens (tertiary/aromatic N) is 1. The fraction of sp³-hybridized carbons (Fsp3) is 0.182. The summed E-state index contributed by atoms with van der Waals surface area (Å²) in [4.78, 5) is 5.06. The van der Waals surface area contributed by atoms with E-state index in [-0.39, 0.29) is 5.41 Å². The van der Waals surface area contributed by atoms with Crippen molar-refractivity contribution in [2.45, 2.75) is 29.1 Å². The Morgan fingerprint density at radius 3 is 2.42 bits per heavy atom. The average molecular weight is 329 g/mol. The molecule has 0 saturated carbocycles. The third-order valence-corrected chi connectivity index (χ3v) is 6.66. The van der Waals surface area contributed by atoms with Crippen molar-refractivity contribution in [1.29, 1.82) is 0 Å². The molecule has 0 aromatic heterocycles. The molecule has 1 aliphatic heterocycles. The molecule has 1 heterocycles. The van der Waals surface area contributed by atoms with Crippen LogP contribution in [0, 0.1) is 0 Å². The molecule has 0 fully saturated rings. The van der Waals surface area contributed by atoms with Gasteiger partial charge in [-0.2, -0.15) is 0 Å². The van der Waals surface area contributed by atoms with Gasteiger partial charge in [-0.25, -0.2) is 0 Å². The van der Waals surface area contributed by atoms with Crippen LogP contribution in [0.1, 0.15) is 25.0 Å². The van der Waals surface area contributed by atoms with Crippen molar-refractivity contribution >= 4 is 23.1 Å². The lowest BCUT2D eigenvalue weighted by molar-refractivity contribution is 0.659. The summed E-state index contributed by atoms with van der Waals surface area (Å²) < 4.78 is 0. The fourth-order valence-electron chi connectivity index (χ4n) is 4.18. The normalized spacial score (nSPS) is 16.2. The molecular weight excluding hydrogens is 310 g/mol. The van der Waals surface area contributed by atoms with Gasteiger partial charge < -0.3 is 4.90 Å². The molecule has 0 N–H and O–H groups in total. The van der Waals surface area contributed by atoms with Gasteiger partial charge >= 0.3 is 0 Å². The summed E-state index contributed by atoms with van der Waals surface area (Å²) >= 11 is 1.91. The molecule has 2 aliphatic rings. The molecule has 0 amide bonds. The average Bonchev–Trinajstić information content (AvgIpc) is 2.84. The third-order valence-electron chi connectivity index (χ3n) is 5.48. The largest absolute Gasteiger partial charge is 0.343 e. The van der Waals surface area contributed by atoms with Gasteiger partial charge in [0, 0.05) is 27.8 Å². The van der Waals surface area contributed by atoms with E-state index in [1.165, 1.54) is 43.4 Å². The van der Waals surface area contributed by atoms with Crippen LogP contribution >= 0.6 is 11.8 Å². The van der Waals surface area contributed by atoms with E-state index in [2.05, 4.69) is 86.5 Å². The Hall–Kier alpha value is -2.19. The maximum Gasteiger partial charge on any atom is 0.0556 e. The van der Waals surface area contributed by atoms with E-state index in [0.717, 1.165) is 0 Å². The Balaban J connectivity index is 1.83. The van der Waals surface area contributed by atoms with Crippen molar-refractivity contribution < 1.29 is 0 Å². The van der Waals surface area contributed by atoms with Gasteiger partial charge in [-0.1, -0.05) is 68.1 Å². The first-order valence-corrected chi connectivity index (χ1v) is 9.18. The van der Waals surface area contributed by atoms with Gasteiger partial charge in [0.15, 0.2) is 0 Å². The number of hydrogen-bond donors (Lipinski definition) is 0. The maximum atomic E-state index is 2.34. The predicted octanol–water partition coefficient (Wildman–Crippen LogP) is 6.23. The molecule has 0 unspecified atom stereocenters. The molecule has 118 valence electrons. The van der Waals surface area contributed by atoms with Gasteiger partial charge in [0.2, 0.25) is 0 Å². The number of fused-ring (bicyclic) bond motifs is 6. The minimum Gasteiger partial charge on any atom is -0.343 e. The van der Waals surface area contributed by atoms with Gasteiger partial charge in [-0.3, -0.25) is 0 Å². The zero-order valence-electron chi connectivity index (χ0n) is 14.1. The fourth-order valence-corrected chi connectivity index (χ4v) is 5.49. The van der Waals surface area contributed by atoms with Gasteiger partial charge in [0.05, 0.1) is 11.4 Å². The Kier molecular flexibility index (Phi) is 2.76. The summed E-state index contributed by atoms with van der Waals surface area (Å²) in [6.45, 7) is 4.68. The topological polar surface area (TPSA) is 3.24 Å². The van der Waals surface area contributed by atoms with Crippen LogP contribution in [0.4, 0.5) is 11.4 Å². The summed E-state index contributed by atoms with van der Waals surface area (Å²) in [6.07, 6.45) is 0. The first-order chi connectivity index (χ1) is 11.6. The van der Waals surface area contributed by atoms with E-state index in [4.69, 9.17) is 0 Å². The van der Waals surface area contributed by atoms with Crippen molar-refractivity contribution in [2.24, 2.45) is 0 Å². The summed E-state index contributed by atoms with van der Waals surface area (Å²) in [5.74, 6) is 0. The molecule has 0 radical (unpaired) electrons. The number of rotatable bonds is 0. The lowest BCUT2D eigenvalue weighted by Crippen LogP contribution is -2.17. The summed E-state index contributed by atoms with van der Waals surface area (Å²) in [5.41, 5.74) is 8.38. The number of hydrogen-bond acceptors (Lipinski definition) is 2. The van der Waals surface area contributed by atoms with E-state index in [9.17, 15) is 0 Å². The molecule has 24 heavy (non-hydrogen) atoms. The summed E-state index contributed by atoms with van der Waals surface area (Å²) in [7, 11) is 2.18. The standard InChI is InChI=1S/C22H19NS/c1-22(2)15-9-5-4-8-14(15)20-16(22)12-13-18-21(20)24-19-11-7-6-10-17(19)23(18)3/h4-13H,1-3H3. The van der Waals surface area contributed by atoms with Crippen molar-refractivity contribution in [3.8, 4) is 11.1 Å². The third kappa shape index (κ3) is 1.67. The van der Waals surface area contributed by atoms with Crippen molar-refractivity contribution in [2.75, 3.05) is 11.9 Å².